The Labute approximate surface area is 106 Å². The van der Waals surface area contributed by atoms with Crippen LogP contribution in [0.1, 0.15) is 19.9 Å². The number of hydrogen-bond donors (Lipinski definition) is 0. The molecule has 0 saturated carbocycles. The SMILES string of the molecule is COc1ccccc1-c1nn(C(C)C)cc1Cl. The van der Waals surface area contributed by atoms with Gasteiger partial charge in [0.25, 0.3) is 0 Å². The van der Waals surface area contributed by atoms with Gasteiger partial charge in [-0.1, -0.05) is 23.7 Å². The molecule has 0 radical (unpaired) electrons. The summed E-state index contributed by atoms with van der Waals surface area (Å²) in [6.45, 7) is 4.13. The number of ether oxygens (including phenoxy) is 1. The molecule has 0 N–H and O–H groups in total. The third-order valence-electron chi connectivity index (χ3n) is 2.58. The minimum absolute atomic E-state index is 0.288. The third kappa shape index (κ3) is 2.29. The summed E-state index contributed by atoms with van der Waals surface area (Å²) >= 11 is 6.21. The molecule has 0 aliphatic rings. The third-order valence-corrected chi connectivity index (χ3v) is 2.86. The van der Waals surface area contributed by atoms with Crippen molar-refractivity contribution >= 4 is 11.6 Å². The molecule has 0 amide bonds. The summed E-state index contributed by atoms with van der Waals surface area (Å²) in [4.78, 5) is 0. The molecule has 90 valence electrons. The second-order valence-corrected chi connectivity index (χ2v) is 4.51. The zero-order chi connectivity index (χ0) is 12.4. The number of benzene rings is 1. The minimum atomic E-state index is 0.288. The molecule has 0 spiro atoms. The Morgan fingerprint density at radius 2 is 2.00 bits per heavy atom. The number of rotatable bonds is 3. The molecule has 1 aromatic heterocycles. The van der Waals surface area contributed by atoms with E-state index in [1.54, 1.807) is 7.11 Å². The number of halogens is 1. The first-order chi connectivity index (χ1) is 8.13. The molecule has 0 fully saturated rings. The Morgan fingerprint density at radius 1 is 1.29 bits per heavy atom. The molecule has 0 bridgehead atoms. The van der Waals surface area contributed by atoms with Crippen LogP contribution in [0.4, 0.5) is 0 Å². The molecule has 0 unspecified atom stereocenters. The fraction of sp³-hybridized carbons (Fsp3) is 0.308. The van der Waals surface area contributed by atoms with Crippen molar-refractivity contribution in [2.24, 2.45) is 0 Å². The smallest absolute Gasteiger partial charge is 0.128 e. The van der Waals surface area contributed by atoms with Crippen LogP contribution in [-0.4, -0.2) is 16.9 Å². The summed E-state index contributed by atoms with van der Waals surface area (Å²) in [6.07, 6.45) is 1.84. The highest BCUT2D eigenvalue weighted by atomic mass is 35.5. The van der Waals surface area contributed by atoms with E-state index in [1.165, 1.54) is 0 Å². The summed E-state index contributed by atoms with van der Waals surface area (Å²) in [7, 11) is 1.65. The molecule has 17 heavy (non-hydrogen) atoms. The van der Waals surface area contributed by atoms with Crippen molar-refractivity contribution in [2.45, 2.75) is 19.9 Å². The van der Waals surface area contributed by atoms with E-state index >= 15 is 0 Å². The van der Waals surface area contributed by atoms with E-state index in [4.69, 9.17) is 16.3 Å². The standard InChI is InChI=1S/C13H15ClN2O/c1-9(2)16-8-11(14)13(15-16)10-6-4-5-7-12(10)17-3/h4-9H,1-3H3. The Morgan fingerprint density at radius 3 is 2.59 bits per heavy atom. The summed E-state index contributed by atoms with van der Waals surface area (Å²) in [5.74, 6) is 0.781. The fourth-order valence-corrected chi connectivity index (χ4v) is 1.90. The predicted molar refractivity (Wildman–Crippen MR) is 69.6 cm³/mol. The van der Waals surface area contributed by atoms with Crippen LogP contribution in [0.5, 0.6) is 5.75 Å². The topological polar surface area (TPSA) is 27.1 Å². The molecule has 1 heterocycles. The van der Waals surface area contributed by atoms with Gasteiger partial charge in [0, 0.05) is 17.8 Å². The van der Waals surface area contributed by atoms with Crippen molar-refractivity contribution in [3.8, 4) is 17.0 Å². The first-order valence-electron chi connectivity index (χ1n) is 5.51. The van der Waals surface area contributed by atoms with Gasteiger partial charge in [-0.2, -0.15) is 5.10 Å². The summed E-state index contributed by atoms with van der Waals surface area (Å²) in [5, 5.41) is 5.13. The van der Waals surface area contributed by atoms with Crippen molar-refractivity contribution in [2.75, 3.05) is 7.11 Å². The van der Waals surface area contributed by atoms with Crippen molar-refractivity contribution in [1.29, 1.82) is 0 Å². The molecule has 2 rings (SSSR count). The van der Waals surface area contributed by atoms with E-state index in [0.717, 1.165) is 17.0 Å². The van der Waals surface area contributed by atoms with Crippen LogP contribution in [0.3, 0.4) is 0 Å². The molecule has 4 heteroatoms. The first kappa shape index (κ1) is 12.0. The van der Waals surface area contributed by atoms with Gasteiger partial charge in [0.05, 0.1) is 12.1 Å². The largest absolute Gasteiger partial charge is 0.496 e. The lowest BCUT2D eigenvalue weighted by atomic mass is 10.1. The van der Waals surface area contributed by atoms with Gasteiger partial charge in [0.15, 0.2) is 0 Å². The van der Waals surface area contributed by atoms with Gasteiger partial charge in [-0.3, -0.25) is 4.68 Å². The lowest BCUT2D eigenvalue weighted by Gasteiger charge is -2.06. The lowest BCUT2D eigenvalue weighted by molar-refractivity contribution is 0.416. The Kier molecular flexibility index (Phi) is 3.38. The summed E-state index contributed by atoms with van der Waals surface area (Å²) < 4.78 is 7.17. The number of nitrogens with zero attached hydrogens (tertiary/aromatic N) is 2. The van der Waals surface area contributed by atoms with E-state index in [1.807, 2.05) is 35.1 Å². The lowest BCUT2D eigenvalue weighted by Crippen LogP contribution is -2.00. The van der Waals surface area contributed by atoms with E-state index in [0.29, 0.717) is 5.02 Å². The maximum Gasteiger partial charge on any atom is 0.128 e. The number of aromatic nitrogens is 2. The molecule has 0 aliphatic carbocycles. The molecular weight excluding hydrogens is 236 g/mol. The Balaban J connectivity index is 2.52. The Hall–Kier alpha value is -1.48. The number of para-hydroxylation sites is 1. The van der Waals surface area contributed by atoms with Crippen LogP contribution >= 0.6 is 11.6 Å². The molecule has 0 aliphatic heterocycles. The zero-order valence-corrected chi connectivity index (χ0v) is 10.9. The first-order valence-corrected chi connectivity index (χ1v) is 5.89. The molecule has 1 aromatic carbocycles. The average Bonchev–Trinajstić information content (AvgIpc) is 2.71. The van der Waals surface area contributed by atoms with Crippen molar-refractivity contribution in [3.63, 3.8) is 0 Å². The number of methoxy groups -OCH3 is 1. The van der Waals surface area contributed by atoms with Gasteiger partial charge in [-0.15, -0.1) is 0 Å². The van der Waals surface area contributed by atoms with Gasteiger partial charge in [-0.25, -0.2) is 0 Å². The van der Waals surface area contributed by atoms with E-state index < -0.39 is 0 Å². The highest BCUT2D eigenvalue weighted by molar-refractivity contribution is 6.33. The fourth-order valence-electron chi connectivity index (χ4n) is 1.66. The zero-order valence-electron chi connectivity index (χ0n) is 10.1. The van der Waals surface area contributed by atoms with Crippen LogP contribution in [-0.2, 0) is 0 Å². The van der Waals surface area contributed by atoms with Gasteiger partial charge < -0.3 is 4.74 Å². The second-order valence-electron chi connectivity index (χ2n) is 4.10. The quantitative estimate of drug-likeness (QED) is 0.829. The Bertz CT molecular complexity index is 520. The summed E-state index contributed by atoms with van der Waals surface area (Å²) in [6, 6.07) is 8.02. The molecule has 3 nitrogen and oxygen atoms in total. The van der Waals surface area contributed by atoms with E-state index in [9.17, 15) is 0 Å². The van der Waals surface area contributed by atoms with Gasteiger partial charge in [0.1, 0.15) is 11.4 Å². The van der Waals surface area contributed by atoms with Crippen LogP contribution in [0.2, 0.25) is 5.02 Å². The van der Waals surface area contributed by atoms with Gasteiger partial charge in [0.2, 0.25) is 0 Å². The van der Waals surface area contributed by atoms with Crippen LogP contribution in [0.15, 0.2) is 30.5 Å². The molecule has 0 saturated heterocycles. The van der Waals surface area contributed by atoms with Gasteiger partial charge in [-0.05, 0) is 26.0 Å². The predicted octanol–water partition coefficient (Wildman–Crippen LogP) is 3.79. The van der Waals surface area contributed by atoms with E-state index in [-0.39, 0.29) is 6.04 Å². The second kappa shape index (κ2) is 4.80. The van der Waals surface area contributed by atoms with E-state index in [2.05, 4.69) is 18.9 Å². The van der Waals surface area contributed by atoms with Crippen molar-refractivity contribution in [3.05, 3.63) is 35.5 Å². The maximum atomic E-state index is 6.21. The highest BCUT2D eigenvalue weighted by Gasteiger charge is 2.14. The summed E-state index contributed by atoms with van der Waals surface area (Å²) in [5.41, 5.74) is 1.68. The van der Waals surface area contributed by atoms with Crippen molar-refractivity contribution in [1.82, 2.24) is 9.78 Å². The van der Waals surface area contributed by atoms with Crippen molar-refractivity contribution < 1.29 is 4.74 Å². The highest BCUT2D eigenvalue weighted by Crippen LogP contribution is 2.33. The monoisotopic (exact) mass is 250 g/mol. The molecule has 0 atom stereocenters. The molecular formula is C13H15ClN2O. The number of hydrogen-bond acceptors (Lipinski definition) is 2. The normalized spacial score (nSPS) is 10.9. The average molecular weight is 251 g/mol. The van der Waals surface area contributed by atoms with Crippen LogP contribution in [0, 0.1) is 0 Å². The maximum absolute atomic E-state index is 6.21. The van der Waals surface area contributed by atoms with Crippen LogP contribution < -0.4 is 4.74 Å². The van der Waals surface area contributed by atoms with Gasteiger partial charge >= 0.3 is 0 Å². The minimum Gasteiger partial charge on any atom is -0.496 e. The van der Waals surface area contributed by atoms with Crippen LogP contribution in [0.25, 0.3) is 11.3 Å². The molecule has 2 aromatic rings.